The van der Waals surface area contributed by atoms with Crippen molar-refractivity contribution in [1.29, 1.82) is 0 Å². The Balaban J connectivity index is -0.0000000383. The molecule has 0 aromatic carbocycles. The fourth-order valence-corrected chi connectivity index (χ4v) is 0. The predicted molar refractivity (Wildman–Crippen MR) is 38.5 cm³/mol. The maximum absolute atomic E-state index is 8.88. The molecule has 0 aromatic rings. The first-order chi connectivity index (χ1) is 3.73. The Bertz CT molecular complexity index is 118. The van der Waals surface area contributed by atoms with Crippen molar-refractivity contribution in [2.75, 3.05) is 0 Å². The summed E-state index contributed by atoms with van der Waals surface area (Å²) in [5.74, 6) is 0. The van der Waals surface area contributed by atoms with Gasteiger partial charge in [0.2, 0.25) is 0 Å². The van der Waals surface area contributed by atoms with E-state index in [1.54, 1.807) is 0 Å². The van der Waals surface area contributed by atoms with Gasteiger partial charge in [-0.3, -0.25) is 0 Å². The molecule has 11 heavy (non-hydrogen) atoms. The number of carboxylic acid groups (broad SMARTS) is 2. The van der Waals surface area contributed by atoms with Gasteiger partial charge < -0.3 is 31.0 Å². The topological polar surface area (TPSA) is 170 Å². The van der Waals surface area contributed by atoms with Crippen molar-refractivity contribution < 1.29 is 34.3 Å². The van der Waals surface area contributed by atoms with E-state index in [9.17, 15) is 0 Å². The zero-order valence-corrected chi connectivity index (χ0v) is 5.60. The molecule has 0 amide bonds. The zero-order chi connectivity index (χ0) is 8.08. The Morgan fingerprint density at radius 2 is 1.09 bits per heavy atom. The third kappa shape index (κ3) is 2180. The summed E-state index contributed by atoms with van der Waals surface area (Å²) in [5.41, 5.74) is 0. The minimum atomic E-state index is -4.64. The van der Waals surface area contributed by atoms with Crippen molar-refractivity contribution in [1.82, 2.24) is 6.15 Å². The van der Waals surface area contributed by atoms with Gasteiger partial charge in [-0.25, -0.2) is 9.36 Å². The molecule has 0 fully saturated rings. The van der Waals surface area contributed by atoms with Gasteiger partial charge >= 0.3 is 51.7 Å². The van der Waals surface area contributed by atoms with Crippen LogP contribution in [0.1, 0.15) is 0 Å². The van der Waals surface area contributed by atoms with Crippen LogP contribution in [-0.2, 0) is 4.57 Å². The van der Waals surface area contributed by atoms with Crippen molar-refractivity contribution in [3.8, 4) is 0 Å². The van der Waals surface area contributed by atoms with Gasteiger partial charge in [-0.2, -0.15) is 0 Å². The predicted octanol–water partition coefficient (Wildman–Crippen LogP) is -1.46. The van der Waals surface area contributed by atoms with E-state index >= 15 is 0 Å². The van der Waals surface area contributed by atoms with Gasteiger partial charge in [-0.15, -0.1) is 0 Å². The van der Waals surface area contributed by atoms with Crippen LogP contribution in [0.2, 0.25) is 0 Å². The Morgan fingerprint density at radius 1 is 1.09 bits per heavy atom. The zero-order valence-electron chi connectivity index (χ0n) is 4.71. The first kappa shape index (κ1) is 22.6. The molecule has 0 spiro atoms. The number of hydrogen-bond acceptors (Lipinski definition) is 3. The summed E-state index contributed by atoms with van der Waals surface area (Å²) >= 11 is 0. The second kappa shape index (κ2) is 10.6. The number of phosphoric acid groups is 1. The molecule has 0 aliphatic rings. The second-order valence-electron chi connectivity index (χ2n) is 0.796. The Hall–Kier alpha value is 0.600. The van der Waals surface area contributed by atoms with Gasteiger partial charge in [0.1, 0.15) is 0 Å². The summed E-state index contributed by atoms with van der Waals surface area (Å²) in [5, 5.41) is 13.9. The molecule has 0 saturated heterocycles. The van der Waals surface area contributed by atoms with E-state index in [0.29, 0.717) is 0 Å². The van der Waals surface area contributed by atoms with Crippen LogP contribution in [0.25, 0.3) is 0 Å². The molecule has 8 N–H and O–H groups in total. The van der Waals surface area contributed by atoms with Crippen molar-refractivity contribution in [3.05, 3.63) is 0 Å². The molecule has 0 radical (unpaired) electrons. The van der Waals surface area contributed by atoms with Crippen molar-refractivity contribution in [2.45, 2.75) is 0 Å². The monoisotopic (exact) mass is 219 g/mol. The van der Waals surface area contributed by atoms with Gasteiger partial charge in [0, 0.05) is 0 Å². The molecule has 0 rings (SSSR count). The molecule has 10 heteroatoms. The molecule has 8 nitrogen and oxygen atoms in total. The van der Waals surface area contributed by atoms with E-state index in [0.717, 1.165) is 0 Å². The summed E-state index contributed by atoms with van der Waals surface area (Å²) in [6.07, 6.45) is -1.83. The Labute approximate surface area is 91.7 Å². The molecule has 0 saturated carbocycles. The van der Waals surface area contributed by atoms with E-state index in [1.807, 2.05) is 0 Å². The first-order valence-corrected chi connectivity index (χ1v) is 3.00. The van der Waals surface area contributed by atoms with Crippen LogP contribution in [0.15, 0.2) is 0 Å². The van der Waals surface area contributed by atoms with Gasteiger partial charge in [0.05, 0.1) is 0 Å². The summed E-state index contributed by atoms with van der Waals surface area (Å²) < 4.78 is 8.88. The summed E-state index contributed by atoms with van der Waals surface area (Å²) in [7, 11) is -4.64. The quantitative estimate of drug-likeness (QED) is 0.212. The normalized spacial score (nSPS) is 7.55. The molecular formula is CH10CaNO7P. The van der Waals surface area contributed by atoms with E-state index in [1.165, 1.54) is 0 Å². The van der Waals surface area contributed by atoms with Gasteiger partial charge in [0.25, 0.3) is 0 Å². The van der Waals surface area contributed by atoms with E-state index in [2.05, 4.69) is 0 Å². The van der Waals surface area contributed by atoms with Crippen LogP contribution in [-0.4, -0.2) is 68.8 Å². The number of hydrogen-bond donors (Lipinski definition) is 6. The van der Waals surface area contributed by atoms with Crippen LogP contribution in [0.5, 0.6) is 0 Å². The SMILES string of the molecule is N.O=C(O)O.O=P(O)(O)O.[CaH2]. The average molecular weight is 219 g/mol. The summed E-state index contributed by atoms with van der Waals surface area (Å²) in [6, 6.07) is 0. The van der Waals surface area contributed by atoms with Crippen molar-refractivity contribution >= 4 is 51.7 Å². The summed E-state index contributed by atoms with van der Waals surface area (Å²) in [4.78, 5) is 30.1. The second-order valence-corrected chi connectivity index (χ2v) is 1.82. The third-order valence-electron chi connectivity index (χ3n) is 0. The van der Waals surface area contributed by atoms with Crippen LogP contribution < -0.4 is 6.15 Å². The average Bonchev–Trinajstić information content (AvgIpc) is 1.19. The molecule has 0 aromatic heterocycles. The molecule has 0 bridgehead atoms. The Kier molecular flexibility index (Phi) is 21.7. The van der Waals surface area contributed by atoms with Gasteiger partial charge in [0.15, 0.2) is 0 Å². The summed E-state index contributed by atoms with van der Waals surface area (Å²) in [6.45, 7) is 0. The number of carbonyl (C=O) groups is 1. The van der Waals surface area contributed by atoms with E-state index < -0.39 is 14.0 Å². The van der Waals surface area contributed by atoms with Crippen molar-refractivity contribution in [3.63, 3.8) is 0 Å². The van der Waals surface area contributed by atoms with Crippen LogP contribution >= 0.6 is 7.82 Å². The first-order valence-electron chi connectivity index (χ1n) is 1.43. The molecule has 0 atom stereocenters. The molecule has 0 heterocycles. The molecule has 0 aliphatic carbocycles. The van der Waals surface area contributed by atoms with E-state index in [4.69, 9.17) is 34.3 Å². The van der Waals surface area contributed by atoms with Gasteiger partial charge in [-0.05, 0) is 0 Å². The van der Waals surface area contributed by atoms with E-state index in [-0.39, 0.29) is 43.9 Å². The minimum absolute atomic E-state index is 0. The van der Waals surface area contributed by atoms with Crippen LogP contribution in [0.3, 0.4) is 0 Å². The van der Waals surface area contributed by atoms with Crippen molar-refractivity contribution in [2.24, 2.45) is 0 Å². The van der Waals surface area contributed by atoms with Crippen LogP contribution in [0, 0.1) is 0 Å². The number of rotatable bonds is 0. The maximum atomic E-state index is 8.88. The third-order valence-corrected chi connectivity index (χ3v) is 0. The van der Waals surface area contributed by atoms with Gasteiger partial charge in [-0.1, -0.05) is 0 Å². The molecule has 0 aliphatic heterocycles. The Morgan fingerprint density at radius 3 is 1.09 bits per heavy atom. The molecule has 0 unspecified atom stereocenters. The van der Waals surface area contributed by atoms with Crippen LogP contribution in [0.4, 0.5) is 4.79 Å². The molecule has 68 valence electrons. The fourth-order valence-electron chi connectivity index (χ4n) is 0. The fraction of sp³-hybridized carbons (Fsp3) is 0. The molecular weight excluding hydrogens is 209 g/mol. The standard InChI is InChI=1S/CH2O3.Ca.H3N.H3O4P.2H/c2-1(3)4;;;1-5(2,3)4;;/h(H2,2,3,4);;1H3;(H3,1,2,3,4);;.